The summed E-state index contributed by atoms with van der Waals surface area (Å²) in [6.45, 7) is 0. The van der Waals surface area contributed by atoms with Crippen LogP contribution in [0.3, 0.4) is 0 Å². The van der Waals surface area contributed by atoms with Gasteiger partial charge in [0, 0.05) is 12.7 Å². The molecule has 0 unspecified atom stereocenters. The Morgan fingerprint density at radius 1 is 1.64 bits per heavy atom. The first-order chi connectivity index (χ1) is 6.67. The van der Waals surface area contributed by atoms with E-state index in [4.69, 9.17) is 11.0 Å². The molecule has 1 rings (SSSR count). The molecule has 0 saturated carbocycles. The molecule has 0 aliphatic rings. The first kappa shape index (κ1) is 9.99. The molecule has 0 aliphatic carbocycles. The maximum atomic E-state index is 12.9. The summed E-state index contributed by atoms with van der Waals surface area (Å²) in [5, 5.41) is 11.3. The van der Waals surface area contributed by atoms with Crippen molar-refractivity contribution in [2.24, 2.45) is 10.7 Å². The molecule has 3 N–H and O–H groups in total. The number of guanidine groups is 1. The van der Waals surface area contributed by atoms with Gasteiger partial charge in [-0.3, -0.25) is 4.99 Å². The van der Waals surface area contributed by atoms with Gasteiger partial charge >= 0.3 is 0 Å². The minimum atomic E-state index is -0.551. The van der Waals surface area contributed by atoms with E-state index in [9.17, 15) is 4.39 Å². The molecule has 14 heavy (non-hydrogen) atoms. The van der Waals surface area contributed by atoms with E-state index in [1.165, 1.54) is 25.2 Å². The first-order valence-electron chi connectivity index (χ1n) is 3.86. The van der Waals surface area contributed by atoms with Crippen molar-refractivity contribution in [3.63, 3.8) is 0 Å². The van der Waals surface area contributed by atoms with Crippen LogP contribution in [-0.2, 0) is 0 Å². The topological polar surface area (TPSA) is 74.2 Å². The average molecular weight is 192 g/mol. The van der Waals surface area contributed by atoms with Gasteiger partial charge in [-0.1, -0.05) is 0 Å². The van der Waals surface area contributed by atoms with Gasteiger partial charge in [0.25, 0.3) is 0 Å². The standard InChI is InChI=1S/C9H9FN4/c1-13-9(12)14-7-2-3-8(10)6(4-7)5-11/h2-4H,1H3,(H3,12,13,14). The molecule has 0 aromatic heterocycles. The molecule has 0 fully saturated rings. The molecule has 4 nitrogen and oxygen atoms in total. The Balaban J connectivity index is 2.97. The molecule has 0 amide bonds. The SMILES string of the molecule is CN=C(N)Nc1ccc(F)c(C#N)c1. The zero-order valence-corrected chi connectivity index (χ0v) is 7.58. The summed E-state index contributed by atoms with van der Waals surface area (Å²) in [6, 6.07) is 5.78. The molecular formula is C9H9FN4. The van der Waals surface area contributed by atoms with Gasteiger partial charge in [0.2, 0.25) is 0 Å². The number of aliphatic imine (C=N–C) groups is 1. The Labute approximate surface area is 80.9 Å². The minimum absolute atomic E-state index is 0.0288. The largest absolute Gasteiger partial charge is 0.370 e. The highest BCUT2D eigenvalue weighted by Crippen LogP contribution is 2.13. The number of nitriles is 1. The molecule has 0 heterocycles. The molecule has 72 valence electrons. The highest BCUT2D eigenvalue weighted by molar-refractivity contribution is 5.92. The molecule has 1 aromatic rings. The third kappa shape index (κ3) is 2.20. The van der Waals surface area contributed by atoms with Gasteiger partial charge in [-0.05, 0) is 18.2 Å². The average Bonchev–Trinajstić information content (AvgIpc) is 2.20. The van der Waals surface area contributed by atoms with Gasteiger partial charge in [-0.25, -0.2) is 4.39 Å². The number of hydrogen-bond donors (Lipinski definition) is 2. The summed E-state index contributed by atoms with van der Waals surface area (Å²) in [5.74, 6) is -0.342. The number of hydrogen-bond acceptors (Lipinski definition) is 2. The number of anilines is 1. The number of benzene rings is 1. The Kier molecular flexibility index (Phi) is 3.02. The fourth-order valence-electron chi connectivity index (χ4n) is 0.892. The van der Waals surface area contributed by atoms with Crippen molar-refractivity contribution >= 4 is 11.6 Å². The summed E-state index contributed by atoms with van der Waals surface area (Å²) in [7, 11) is 1.52. The Morgan fingerprint density at radius 3 is 2.93 bits per heavy atom. The van der Waals surface area contributed by atoms with Crippen molar-refractivity contribution in [3.05, 3.63) is 29.6 Å². The van der Waals surface area contributed by atoms with E-state index < -0.39 is 5.82 Å². The third-order valence-electron chi connectivity index (χ3n) is 1.60. The van der Waals surface area contributed by atoms with Crippen LogP contribution in [-0.4, -0.2) is 13.0 Å². The van der Waals surface area contributed by atoms with Crippen molar-refractivity contribution in [1.82, 2.24) is 0 Å². The van der Waals surface area contributed by atoms with Gasteiger partial charge in [0.1, 0.15) is 11.9 Å². The Bertz CT molecular complexity index is 406. The van der Waals surface area contributed by atoms with Crippen LogP contribution in [0.1, 0.15) is 5.56 Å². The maximum Gasteiger partial charge on any atom is 0.192 e. The van der Waals surface area contributed by atoms with Crippen LogP contribution >= 0.6 is 0 Å². The van der Waals surface area contributed by atoms with E-state index in [1.54, 1.807) is 6.07 Å². The maximum absolute atomic E-state index is 12.9. The van der Waals surface area contributed by atoms with Crippen LogP contribution in [0.2, 0.25) is 0 Å². The third-order valence-corrected chi connectivity index (χ3v) is 1.60. The molecule has 0 atom stereocenters. The van der Waals surface area contributed by atoms with E-state index in [0.717, 1.165) is 0 Å². The lowest BCUT2D eigenvalue weighted by atomic mass is 10.2. The van der Waals surface area contributed by atoms with Gasteiger partial charge in [0.05, 0.1) is 5.56 Å². The number of rotatable bonds is 1. The van der Waals surface area contributed by atoms with Crippen LogP contribution in [0.15, 0.2) is 23.2 Å². The summed E-state index contributed by atoms with van der Waals surface area (Å²) < 4.78 is 12.9. The fourth-order valence-corrected chi connectivity index (χ4v) is 0.892. The number of nitrogens with two attached hydrogens (primary N) is 1. The molecule has 0 saturated heterocycles. The molecule has 0 bridgehead atoms. The monoisotopic (exact) mass is 192 g/mol. The smallest absolute Gasteiger partial charge is 0.192 e. The quantitative estimate of drug-likeness (QED) is 0.516. The minimum Gasteiger partial charge on any atom is -0.370 e. The van der Waals surface area contributed by atoms with E-state index in [0.29, 0.717) is 5.69 Å². The van der Waals surface area contributed by atoms with Crippen molar-refractivity contribution in [2.45, 2.75) is 0 Å². The number of halogens is 1. The summed E-state index contributed by atoms with van der Waals surface area (Å²) in [6.07, 6.45) is 0. The molecule has 5 heteroatoms. The second-order valence-electron chi connectivity index (χ2n) is 2.54. The summed E-state index contributed by atoms with van der Waals surface area (Å²) in [5.41, 5.74) is 5.90. The number of nitrogens with zero attached hydrogens (tertiary/aromatic N) is 2. The van der Waals surface area contributed by atoms with Gasteiger partial charge in [0.15, 0.2) is 5.96 Å². The van der Waals surface area contributed by atoms with Crippen LogP contribution < -0.4 is 11.1 Å². The van der Waals surface area contributed by atoms with Crippen molar-refractivity contribution < 1.29 is 4.39 Å². The van der Waals surface area contributed by atoms with E-state index >= 15 is 0 Å². The highest BCUT2D eigenvalue weighted by Gasteiger charge is 2.02. The zero-order chi connectivity index (χ0) is 10.6. The highest BCUT2D eigenvalue weighted by atomic mass is 19.1. The van der Waals surface area contributed by atoms with Crippen LogP contribution in [0.5, 0.6) is 0 Å². The Hall–Kier alpha value is -2.09. The van der Waals surface area contributed by atoms with Crippen LogP contribution in [0, 0.1) is 17.1 Å². The summed E-state index contributed by atoms with van der Waals surface area (Å²) in [4.78, 5) is 3.67. The van der Waals surface area contributed by atoms with Crippen molar-refractivity contribution in [2.75, 3.05) is 12.4 Å². The second-order valence-corrected chi connectivity index (χ2v) is 2.54. The lowest BCUT2D eigenvalue weighted by Gasteiger charge is -2.04. The second kappa shape index (κ2) is 4.23. The van der Waals surface area contributed by atoms with E-state index in [1.807, 2.05) is 0 Å². The van der Waals surface area contributed by atoms with Crippen molar-refractivity contribution in [1.29, 1.82) is 5.26 Å². The van der Waals surface area contributed by atoms with Gasteiger partial charge in [-0.15, -0.1) is 0 Å². The molecular weight excluding hydrogens is 183 g/mol. The fraction of sp³-hybridized carbons (Fsp3) is 0.111. The van der Waals surface area contributed by atoms with Gasteiger partial charge < -0.3 is 11.1 Å². The molecule has 0 radical (unpaired) electrons. The molecule has 0 spiro atoms. The van der Waals surface area contributed by atoms with Crippen molar-refractivity contribution in [3.8, 4) is 6.07 Å². The molecule has 0 aliphatic heterocycles. The number of nitrogens with one attached hydrogen (secondary N) is 1. The first-order valence-corrected chi connectivity index (χ1v) is 3.86. The lowest BCUT2D eigenvalue weighted by molar-refractivity contribution is 0.624. The lowest BCUT2D eigenvalue weighted by Crippen LogP contribution is -2.22. The predicted molar refractivity (Wildman–Crippen MR) is 52.3 cm³/mol. The van der Waals surface area contributed by atoms with Crippen LogP contribution in [0.25, 0.3) is 0 Å². The summed E-state index contributed by atoms with van der Waals surface area (Å²) >= 11 is 0. The Morgan fingerprint density at radius 2 is 2.36 bits per heavy atom. The van der Waals surface area contributed by atoms with Gasteiger partial charge in [-0.2, -0.15) is 5.26 Å². The normalized spacial score (nSPS) is 10.8. The van der Waals surface area contributed by atoms with E-state index in [2.05, 4.69) is 10.3 Å². The zero-order valence-electron chi connectivity index (χ0n) is 7.58. The van der Waals surface area contributed by atoms with E-state index in [-0.39, 0.29) is 11.5 Å². The van der Waals surface area contributed by atoms with Crippen LogP contribution in [0.4, 0.5) is 10.1 Å². The predicted octanol–water partition coefficient (Wildman–Crippen LogP) is 1.05. The molecule has 1 aromatic carbocycles.